The van der Waals surface area contributed by atoms with Crippen molar-refractivity contribution in [1.29, 1.82) is 5.41 Å². The van der Waals surface area contributed by atoms with Crippen molar-refractivity contribution in [2.24, 2.45) is 5.73 Å². The van der Waals surface area contributed by atoms with Gasteiger partial charge in [-0.15, -0.1) is 0 Å². The lowest BCUT2D eigenvalue weighted by Crippen LogP contribution is -2.09. The number of nitrogens with two attached hydrogens (primary N) is 1. The molecule has 0 heterocycles. The highest BCUT2D eigenvalue weighted by atomic mass is 32.2. The van der Waals surface area contributed by atoms with E-state index in [0.29, 0.717) is 11.8 Å². The SMILES string of the molecule is C/C(=C\SC(=N)N)C(F)(F)F. The van der Waals surface area contributed by atoms with Gasteiger partial charge in [0.05, 0.1) is 0 Å². The van der Waals surface area contributed by atoms with Crippen LogP contribution in [-0.2, 0) is 0 Å². The maximum atomic E-state index is 11.7. The number of nitrogens with one attached hydrogen (secondary N) is 1. The van der Waals surface area contributed by atoms with Crippen LogP contribution in [0.25, 0.3) is 0 Å². The molecule has 0 spiro atoms. The van der Waals surface area contributed by atoms with Gasteiger partial charge in [-0.1, -0.05) is 11.8 Å². The molecule has 6 heteroatoms. The van der Waals surface area contributed by atoms with E-state index >= 15 is 0 Å². The predicted molar refractivity (Wildman–Crippen MR) is 39.3 cm³/mol. The van der Waals surface area contributed by atoms with E-state index in [9.17, 15) is 13.2 Å². The van der Waals surface area contributed by atoms with Crippen LogP contribution >= 0.6 is 11.8 Å². The molecule has 0 aromatic heterocycles. The molecule has 3 N–H and O–H groups in total. The molecule has 0 radical (unpaired) electrons. The predicted octanol–water partition coefficient (Wildman–Crippen LogP) is 2.08. The molecular weight excluding hydrogens is 177 g/mol. The van der Waals surface area contributed by atoms with Gasteiger partial charge >= 0.3 is 6.18 Å². The van der Waals surface area contributed by atoms with Crippen molar-refractivity contribution in [3.8, 4) is 0 Å². The fraction of sp³-hybridized carbons (Fsp3) is 0.400. The van der Waals surface area contributed by atoms with Crippen LogP contribution in [-0.4, -0.2) is 11.3 Å². The zero-order valence-electron chi connectivity index (χ0n) is 5.70. The highest BCUT2D eigenvalue weighted by molar-refractivity contribution is 8.16. The molecule has 0 aliphatic heterocycles. The molecule has 11 heavy (non-hydrogen) atoms. The fourth-order valence-electron chi connectivity index (χ4n) is 0.219. The lowest BCUT2D eigenvalue weighted by molar-refractivity contribution is -0.0910. The van der Waals surface area contributed by atoms with E-state index in [4.69, 9.17) is 11.1 Å². The van der Waals surface area contributed by atoms with Crippen LogP contribution < -0.4 is 5.73 Å². The molecule has 0 aromatic carbocycles. The van der Waals surface area contributed by atoms with Crippen molar-refractivity contribution in [2.45, 2.75) is 13.1 Å². The van der Waals surface area contributed by atoms with Gasteiger partial charge in [0, 0.05) is 5.57 Å². The molecule has 2 nitrogen and oxygen atoms in total. The van der Waals surface area contributed by atoms with Crippen molar-refractivity contribution >= 4 is 16.9 Å². The Hall–Kier alpha value is -0.650. The monoisotopic (exact) mass is 184 g/mol. The highest BCUT2D eigenvalue weighted by Crippen LogP contribution is 2.26. The molecule has 0 aliphatic rings. The van der Waals surface area contributed by atoms with Gasteiger partial charge in [0.15, 0.2) is 5.17 Å². The number of halogens is 3. The summed E-state index contributed by atoms with van der Waals surface area (Å²) >= 11 is 0.545. The van der Waals surface area contributed by atoms with Gasteiger partial charge in [-0.05, 0) is 12.3 Å². The van der Waals surface area contributed by atoms with Gasteiger partial charge in [0.2, 0.25) is 0 Å². The van der Waals surface area contributed by atoms with Crippen molar-refractivity contribution < 1.29 is 13.2 Å². The van der Waals surface area contributed by atoms with E-state index in [1.165, 1.54) is 0 Å². The molecule has 0 bridgehead atoms. The summed E-state index contributed by atoms with van der Waals surface area (Å²) in [5.41, 5.74) is 4.07. The van der Waals surface area contributed by atoms with Gasteiger partial charge in [-0.2, -0.15) is 13.2 Å². The summed E-state index contributed by atoms with van der Waals surface area (Å²) in [5, 5.41) is 7.08. The molecule has 0 aliphatic carbocycles. The molecule has 0 aromatic rings. The second-order valence-corrected chi connectivity index (χ2v) is 2.69. The van der Waals surface area contributed by atoms with Crippen molar-refractivity contribution in [3.05, 3.63) is 11.0 Å². The summed E-state index contributed by atoms with van der Waals surface area (Å²) in [6.07, 6.45) is -4.32. The van der Waals surface area contributed by atoms with E-state index in [-0.39, 0.29) is 5.17 Å². The quantitative estimate of drug-likeness (QED) is 0.484. The number of thioether (sulfide) groups is 1. The second kappa shape index (κ2) is 3.66. The Bertz CT molecular complexity index is 185. The first kappa shape index (κ1) is 10.3. The molecule has 0 rings (SSSR count). The normalized spacial score (nSPS) is 13.3. The fourth-order valence-corrected chi connectivity index (χ4v) is 0.656. The molecule has 0 atom stereocenters. The van der Waals surface area contributed by atoms with Crippen LogP contribution in [0.15, 0.2) is 11.0 Å². The lowest BCUT2D eigenvalue weighted by Gasteiger charge is -2.04. The summed E-state index contributed by atoms with van der Waals surface area (Å²) in [6, 6.07) is 0. The lowest BCUT2D eigenvalue weighted by atomic mass is 10.3. The van der Waals surface area contributed by atoms with Crippen molar-refractivity contribution in [3.63, 3.8) is 0 Å². The van der Waals surface area contributed by atoms with E-state index in [1.54, 1.807) is 0 Å². The summed E-state index contributed by atoms with van der Waals surface area (Å²) in [5.74, 6) is 0. The van der Waals surface area contributed by atoms with Crippen LogP contribution in [0.4, 0.5) is 13.2 Å². The minimum atomic E-state index is -4.32. The Morgan fingerprint density at radius 1 is 1.55 bits per heavy atom. The Morgan fingerprint density at radius 2 is 2.00 bits per heavy atom. The third kappa shape index (κ3) is 4.72. The molecule has 0 saturated carbocycles. The number of hydrogen-bond acceptors (Lipinski definition) is 2. The molecule has 0 fully saturated rings. The summed E-state index contributed by atoms with van der Waals surface area (Å²) in [4.78, 5) is 0. The summed E-state index contributed by atoms with van der Waals surface area (Å²) in [7, 11) is 0. The maximum Gasteiger partial charge on any atom is 0.412 e. The minimum absolute atomic E-state index is 0.353. The van der Waals surface area contributed by atoms with Crippen molar-refractivity contribution in [2.75, 3.05) is 0 Å². The molecule has 64 valence electrons. The zero-order chi connectivity index (χ0) is 9.07. The van der Waals surface area contributed by atoms with Crippen LogP contribution in [0.5, 0.6) is 0 Å². The third-order valence-electron chi connectivity index (χ3n) is 0.810. The summed E-state index contributed by atoms with van der Waals surface area (Å²) in [6.45, 7) is 0.927. The first-order chi connectivity index (χ1) is 4.84. The van der Waals surface area contributed by atoms with Crippen LogP contribution in [0.2, 0.25) is 0 Å². The maximum absolute atomic E-state index is 11.7. The average molecular weight is 184 g/mol. The largest absolute Gasteiger partial charge is 0.412 e. The Morgan fingerprint density at radius 3 is 2.27 bits per heavy atom. The molecule has 0 saturated heterocycles. The van der Waals surface area contributed by atoms with Gasteiger partial charge < -0.3 is 5.73 Å². The number of hydrogen-bond donors (Lipinski definition) is 2. The van der Waals surface area contributed by atoms with Gasteiger partial charge in [-0.3, -0.25) is 5.41 Å². The smallest absolute Gasteiger partial charge is 0.378 e. The number of amidine groups is 1. The van der Waals surface area contributed by atoms with E-state index < -0.39 is 11.7 Å². The van der Waals surface area contributed by atoms with E-state index in [0.717, 1.165) is 12.3 Å². The zero-order valence-corrected chi connectivity index (χ0v) is 6.51. The number of alkyl halides is 3. The first-order valence-corrected chi connectivity index (χ1v) is 3.46. The Balaban J connectivity index is 4.12. The second-order valence-electron chi connectivity index (χ2n) is 1.78. The Labute approximate surface area is 66.2 Å². The first-order valence-electron chi connectivity index (χ1n) is 2.58. The average Bonchev–Trinajstić information content (AvgIpc) is 1.80. The van der Waals surface area contributed by atoms with Gasteiger partial charge in [-0.25, -0.2) is 0 Å². The molecule has 0 amide bonds. The van der Waals surface area contributed by atoms with Crippen molar-refractivity contribution in [1.82, 2.24) is 0 Å². The van der Waals surface area contributed by atoms with E-state index in [2.05, 4.69) is 0 Å². The number of allylic oxidation sites excluding steroid dienone is 1. The highest BCUT2D eigenvalue weighted by Gasteiger charge is 2.29. The van der Waals surface area contributed by atoms with Crippen LogP contribution in [0.1, 0.15) is 6.92 Å². The number of rotatable bonds is 1. The minimum Gasteiger partial charge on any atom is -0.378 e. The van der Waals surface area contributed by atoms with E-state index in [1.807, 2.05) is 0 Å². The third-order valence-corrected chi connectivity index (χ3v) is 1.54. The van der Waals surface area contributed by atoms with Crippen LogP contribution in [0, 0.1) is 5.41 Å². The topological polar surface area (TPSA) is 49.9 Å². The summed E-state index contributed by atoms with van der Waals surface area (Å²) < 4.78 is 35.1. The Kier molecular flexibility index (Phi) is 3.44. The van der Waals surface area contributed by atoms with Crippen LogP contribution in [0.3, 0.4) is 0 Å². The van der Waals surface area contributed by atoms with Gasteiger partial charge in [0.25, 0.3) is 0 Å². The standard InChI is InChI=1S/C5H7F3N2S/c1-3(5(6,7)8)2-11-4(9)10/h2H,1H3,(H3,9,10)/b3-2+. The van der Waals surface area contributed by atoms with Gasteiger partial charge in [0.1, 0.15) is 0 Å². The molecular formula is C5H7F3N2S. The molecule has 0 unspecified atom stereocenters.